The first kappa shape index (κ1) is 33.8. The summed E-state index contributed by atoms with van der Waals surface area (Å²) >= 11 is 1.68. The number of benzene rings is 2. The van der Waals surface area contributed by atoms with Crippen molar-refractivity contribution in [2.45, 2.75) is 118 Å². The summed E-state index contributed by atoms with van der Waals surface area (Å²) in [7, 11) is -3.54. The van der Waals surface area contributed by atoms with Gasteiger partial charge in [-0.15, -0.1) is 11.3 Å². The van der Waals surface area contributed by atoms with Gasteiger partial charge in [0.1, 0.15) is 0 Å². The molecule has 0 aliphatic rings. The lowest BCUT2D eigenvalue weighted by molar-refractivity contribution is 0.206. The first-order valence-electron chi connectivity index (χ1n) is 15.6. The minimum Gasteiger partial charge on any atom is -0.305 e. The second-order valence-electron chi connectivity index (χ2n) is 13.3. The summed E-state index contributed by atoms with van der Waals surface area (Å²) in [6, 6.07) is 19.6. The maximum absolute atomic E-state index is 14.7. The third-order valence-corrected chi connectivity index (χ3v) is 10.9. The largest absolute Gasteiger partial charge is 0.362 e. The quantitative estimate of drug-likeness (QED) is 0.129. The monoisotopic (exact) mass is 596 g/mol. The van der Waals surface area contributed by atoms with Crippen LogP contribution in [0.1, 0.15) is 118 Å². The van der Waals surface area contributed by atoms with Gasteiger partial charge in [-0.05, 0) is 52.0 Å². The van der Waals surface area contributed by atoms with Gasteiger partial charge in [0, 0.05) is 4.88 Å². The van der Waals surface area contributed by atoms with Gasteiger partial charge in [0.15, 0.2) is 0 Å². The molecule has 3 aromatic rings. The van der Waals surface area contributed by atoms with Crippen LogP contribution in [0.4, 0.5) is 0 Å². The highest BCUT2D eigenvalue weighted by molar-refractivity contribution is 7.63. The van der Waals surface area contributed by atoms with Gasteiger partial charge in [-0.25, -0.2) is 0 Å². The van der Waals surface area contributed by atoms with Crippen molar-refractivity contribution in [1.29, 1.82) is 0 Å². The van der Waals surface area contributed by atoms with Crippen molar-refractivity contribution < 1.29 is 13.6 Å². The van der Waals surface area contributed by atoms with Gasteiger partial charge in [-0.3, -0.25) is 4.57 Å². The molecule has 41 heavy (non-hydrogen) atoms. The molecule has 3 rings (SSSR count). The average Bonchev–Trinajstić information content (AvgIpc) is 3.39. The fraction of sp³-hybridized carbons (Fsp3) is 0.556. The SMILES string of the molecule is CCCCCCOP(=O)(OCCCCCC)c1cc(-c2ccc(C(C)(C)C)cc2)sc1-c1ccc(C(C)(C)C)cc1. The molecule has 5 heteroatoms. The minimum absolute atomic E-state index is 0.0647. The van der Waals surface area contributed by atoms with Crippen LogP contribution in [-0.4, -0.2) is 13.2 Å². The minimum atomic E-state index is -3.54. The van der Waals surface area contributed by atoms with E-state index in [1.165, 1.54) is 11.1 Å². The summed E-state index contributed by atoms with van der Waals surface area (Å²) in [4.78, 5) is 2.06. The van der Waals surface area contributed by atoms with E-state index in [-0.39, 0.29) is 10.8 Å². The Labute approximate surface area is 254 Å². The van der Waals surface area contributed by atoms with Gasteiger partial charge < -0.3 is 9.05 Å². The molecule has 1 heterocycles. The van der Waals surface area contributed by atoms with Crippen LogP contribution < -0.4 is 5.30 Å². The lowest BCUT2D eigenvalue weighted by Gasteiger charge is -2.21. The van der Waals surface area contributed by atoms with Gasteiger partial charge in [0.2, 0.25) is 0 Å². The molecular weight excluding hydrogens is 543 g/mol. The Morgan fingerprint density at radius 1 is 0.634 bits per heavy atom. The summed E-state index contributed by atoms with van der Waals surface area (Å²) in [6.45, 7) is 18.7. The fourth-order valence-corrected chi connectivity index (χ4v) is 8.18. The molecule has 226 valence electrons. The number of hydrogen-bond acceptors (Lipinski definition) is 4. The van der Waals surface area contributed by atoms with Gasteiger partial charge >= 0.3 is 7.60 Å². The Morgan fingerprint density at radius 3 is 1.49 bits per heavy atom. The van der Waals surface area contributed by atoms with E-state index in [1.54, 1.807) is 11.3 Å². The summed E-state index contributed by atoms with van der Waals surface area (Å²) < 4.78 is 27.2. The van der Waals surface area contributed by atoms with E-state index in [0.29, 0.717) is 18.5 Å². The molecule has 0 atom stereocenters. The van der Waals surface area contributed by atoms with Crippen molar-refractivity contribution in [3.8, 4) is 20.9 Å². The van der Waals surface area contributed by atoms with Gasteiger partial charge in [-0.1, -0.05) is 142 Å². The zero-order valence-electron chi connectivity index (χ0n) is 26.8. The molecule has 0 radical (unpaired) electrons. The van der Waals surface area contributed by atoms with E-state index in [4.69, 9.17) is 9.05 Å². The lowest BCUT2D eigenvalue weighted by atomic mass is 9.86. The van der Waals surface area contributed by atoms with Crippen molar-refractivity contribution in [2.75, 3.05) is 13.2 Å². The van der Waals surface area contributed by atoms with Crippen LogP contribution in [0.2, 0.25) is 0 Å². The van der Waals surface area contributed by atoms with Crippen molar-refractivity contribution in [1.82, 2.24) is 0 Å². The maximum atomic E-state index is 14.7. The van der Waals surface area contributed by atoms with Crippen LogP contribution in [0.3, 0.4) is 0 Å². The first-order valence-corrected chi connectivity index (χ1v) is 18.0. The predicted molar refractivity (Wildman–Crippen MR) is 180 cm³/mol. The maximum Gasteiger partial charge on any atom is 0.362 e. The second-order valence-corrected chi connectivity index (χ2v) is 16.3. The predicted octanol–water partition coefficient (Wildman–Crippen LogP) is 11.7. The zero-order valence-corrected chi connectivity index (χ0v) is 28.6. The summed E-state index contributed by atoms with van der Waals surface area (Å²) in [5, 5.41) is 0.701. The normalized spacial score (nSPS) is 12.7. The van der Waals surface area contributed by atoms with E-state index < -0.39 is 7.60 Å². The van der Waals surface area contributed by atoms with Crippen LogP contribution in [0.15, 0.2) is 54.6 Å². The Bertz CT molecular complexity index is 1230. The Kier molecular flexibility index (Phi) is 12.5. The number of thiophene rings is 1. The fourth-order valence-electron chi connectivity index (χ4n) is 4.79. The molecule has 2 aromatic carbocycles. The van der Waals surface area contributed by atoms with Crippen LogP contribution in [0.25, 0.3) is 20.9 Å². The number of hydrogen-bond donors (Lipinski definition) is 0. The van der Waals surface area contributed by atoms with Crippen molar-refractivity contribution in [3.63, 3.8) is 0 Å². The highest BCUT2D eigenvalue weighted by Crippen LogP contribution is 2.53. The van der Waals surface area contributed by atoms with Crippen LogP contribution in [-0.2, 0) is 24.4 Å². The number of rotatable bonds is 15. The third kappa shape index (κ3) is 9.65. The van der Waals surface area contributed by atoms with E-state index in [9.17, 15) is 4.57 Å². The average molecular weight is 597 g/mol. The van der Waals surface area contributed by atoms with E-state index in [0.717, 1.165) is 72.2 Å². The van der Waals surface area contributed by atoms with Crippen molar-refractivity contribution in [3.05, 3.63) is 65.7 Å². The van der Waals surface area contributed by atoms with Gasteiger partial charge in [0.05, 0.1) is 23.4 Å². The molecule has 0 spiro atoms. The molecule has 0 bridgehead atoms. The first-order chi connectivity index (χ1) is 19.4. The van der Waals surface area contributed by atoms with Crippen molar-refractivity contribution >= 4 is 24.2 Å². The van der Waals surface area contributed by atoms with Crippen LogP contribution >= 0.6 is 18.9 Å². The molecule has 0 unspecified atom stereocenters. The molecule has 0 fully saturated rings. The Balaban J connectivity index is 2.06. The molecular formula is C36H53O3PS. The highest BCUT2D eigenvalue weighted by Gasteiger charge is 2.33. The molecule has 0 aliphatic heterocycles. The van der Waals surface area contributed by atoms with Gasteiger partial charge in [0.25, 0.3) is 0 Å². The summed E-state index contributed by atoms with van der Waals surface area (Å²) in [5.74, 6) is 0. The molecule has 0 amide bonds. The molecule has 0 saturated carbocycles. The zero-order chi connectivity index (χ0) is 30.1. The Morgan fingerprint density at radius 2 is 1.07 bits per heavy atom. The van der Waals surface area contributed by atoms with Crippen LogP contribution in [0, 0.1) is 0 Å². The summed E-state index contributed by atoms with van der Waals surface area (Å²) in [5.41, 5.74) is 4.91. The van der Waals surface area contributed by atoms with Crippen LogP contribution in [0.5, 0.6) is 0 Å². The highest BCUT2D eigenvalue weighted by atomic mass is 32.1. The second kappa shape index (κ2) is 15.1. The van der Waals surface area contributed by atoms with E-state index in [2.05, 4.69) is 110 Å². The Hall–Kier alpha value is -1.71. The molecule has 3 nitrogen and oxygen atoms in total. The van der Waals surface area contributed by atoms with Crippen molar-refractivity contribution in [2.24, 2.45) is 0 Å². The standard InChI is InChI=1S/C36H53O3PS/c1-9-11-13-15-25-38-40(37,39-26-16-14-12-10-2)32-27-33(28-17-21-30(22-18-28)35(3,4)5)41-34(32)29-19-23-31(24-20-29)36(6,7)8/h17-24,27H,9-16,25-26H2,1-8H3. The summed E-state index contributed by atoms with van der Waals surface area (Å²) in [6.07, 6.45) is 8.54. The lowest BCUT2D eigenvalue weighted by Crippen LogP contribution is -2.13. The molecule has 1 aromatic heterocycles. The smallest absolute Gasteiger partial charge is 0.305 e. The van der Waals surface area contributed by atoms with E-state index in [1.807, 2.05) is 0 Å². The third-order valence-electron chi connectivity index (χ3n) is 7.57. The molecule has 0 N–H and O–H groups in total. The van der Waals surface area contributed by atoms with Gasteiger partial charge in [-0.2, -0.15) is 0 Å². The number of unbranched alkanes of at least 4 members (excludes halogenated alkanes) is 6. The molecule has 0 aliphatic carbocycles. The topological polar surface area (TPSA) is 35.5 Å². The molecule has 0 saturated heterocycles. The van der Waals surface area contributed by atoms with E-state index >= 15 is 0 Å².